The van der Waals surface area contributed by atoms with Gasteiger partial charge in [0.15, 0.2) is 0 Å². The monoisotopic (exact) mass is 380 g/mol. The van der Waals surface area contributed by atoms with E-state index in [1.807, 2.05) is 0 Å². The highest BCUT2D eigenvalue weighted by atomic mass is 15.1. The number of rotatable bonds is 12. The van der Waals surface area contributed by atoms with Crippen molar-refractivity contribution < 1.29 is 0 Å². The van der Waals surface area contributed by atoms with Gasteiger partial charge in [0.05, 0.1) is 5.69 Å². The Morgan fingerprint density at radius 2 is 1.50 bits per heavy atom. The largest absolute Gasteiger partial charge is 0.370 e. The van der Waals surface area contributed by atoms with Gasteiger partial charge in [0.25, 0.3) is 0 Å². The van der Waals surface area contributed by atoms with Crippen LogP contribution in [0.4, 0.5) is 11.8 Å². The first-order valence-corrected chi connectivity index (χ1v) is 11.2. The highest BCUT2D eigenvalue weighted by molar-refractivity contribution is 5.44. The average Bonchev–Trinajstić information content (AvgIpc) is 2.69. The predicted molar refractivity (Wildman–Crippen MR) is 119 cm³/mol. The molecule has 152 valence electrons. The smallest absolute Gasteiger partial charge is 0.224 e. The van der Waals surface area contributed by atoms with Crippen molar-refractivity contribution in [1.29, 1.82) is 0 Å². The summed E-state index contributed by atoms with van der Waals surface area (Å²) in [6.45, 7) is 6.39. The topological polar surface area (TPSA) is 49.8 Å². The summed E-state index contributed by atoms with van der Waals surface area (Å²) >= 11 is 0. The van der Waals surface area contributed by atoms with E-state index in [-0.39, 0.29) is 0 Å². The summed E-state index contributed by atoms with van der Waals surface area (Å²) in [5.74, 6) is 2.83. The molecule has 2 atom stereocenters. The van der Waals surface area contributed by atoms with E-state index in [4.69, 9.17) is 9.97 Å². The predicted octanol–water partition coefficient (Wildman–Crippen LogP) is 6.34. The van der Waals surface area contributed by atoms with Crippen LogP contribution in [0.3, 0.4) is 0 Å². The van der Waals surface area contributed by atoms with Gasteiger partial charge in [0.2, 0.25) is 5.95 Å². The third-order valence-corrected chi connectivity index (χ3v) is 5.78. The molecule has 0 saturated heterocycles. The summed E-state index contributed by atoms with van der Waals surface area (Å²) < 4.78 is 0. The van der Waals surface area contributed by atoms with E-state index in [1.165, 1.54) is 62.6 Å². The molecule has 4 heteroatoms. The molecule has 0 amide bonds. The van der Waals surface area contributed by atoms with Gasteiger partial charge in [-0.2, -0.15) is 4.98 Å². The number of nitrogens with one attached hydrogen (secondary N) is 2. The zero-order valence-electron chi connectivity index (χ0n) is 17.6. The van der Waals surface area contributed by atoms with Crippen molar-refractivity contribution in [3.8, 4) is 0 Å². The Labute approximate surface area is 170 Å². The zero-order chi connectivity index (χ0) is 19.6. The van der Waals surface area contributed by atoms with Crippen LogP contribution in [0.5, 0.6) is 0 Å². The first kappa shape index (κ1) is 20.6. The van der Waals surface area contributed by atoms with Crippen molar-refractivity contribution in [2.24, 2.45) is 0 Å². The molecule has 1 saturated carbocycles. The third kappa shape index (κ3) is 5.70. The SMILES string of the molecule is CCCCCNc1cc(C2CCC2c2ccccc2)nc(NCCCCC)n1. The summed E-state index contributed by atoms with van der Waals surface area (Å²) in [5.41, 5.74) is 2.62. The molecule has 1 aliphatic carbocycles. The highest BCUT2D eigenvalue weighted by Crippen LogP contribution is 2.48. The number of unbranched alkanes of at least 4 members (excludes halogenated alkanes) is 4. The van der Waals surface area contributed by atoms with Gasteiger partial charge in [-0.15, -0.1) is 0 Å². The van der Waals surface area contributed by atoms with Crippen molar-refractivity contribution in [1.82, 2.24) is 9.97 Å². The quantitative estimate of drug-likeness (QED) is 0.422. The molecule has 28 heavy (non-hydrogen) atoms. The van der Waals surface area contributed by atoms with Crippen molar-refractivity contribution in [2.75, 3.05) is 23.7 Å². The summed E-state index contributed by atoms with van der Waals surface area (Å²) in [5, 5.41) is 6.99. The maximum atomic E-state index is 4.91. The summed E-state index contributed by atoms with van der Waals surface area (Å²) in [6, 6.07) is 13.1. The fourth-order valence-electron chi connectivity index (χ4n) is 3.95. The van der Waals surface area contributed by atoms with Gasteiger partial charge in [0, 0.05) is 25.1 Å². The minimum absolute atomic E-state index is 0.498. The van der Waals surface area contributed by atoms with E-state index in [1.54, 1.807) is 0 Å². The molecule has 1 aromatic heterocycles. The maximum absolute atomic E-state index is 4.91. The lowest BCUT2D eigenvalue weighted by molar-refractivity contribution is 0.340. The van der Waals surface area contributed by atoms with E-state index in [0.29, 0.717) is 11.8 Å². The second kappa shape index (κ2) is 11.0. The standard InChI is InChI=1S/C24H36N4/c1-3-5-10-16-25-23-18-22(27-24(28-23)26-17-11-6-4-2)21-15-14-20(21)19-12-8-7-9-13-19/h7-9,12-13,18,20-21H,3-6,10-11,14-17H2,1-2H3,(H2,25,26,27,28). The van der Waals surface area contributed by atoms with Crippen molar-refractivity contribution in [3.05, 3.63) is 47.7 Å². The van der Waals surface area contributed by atoms with Crippen LogP contribution in [0.15, 0.2) is 36.4 Å². The molecule has 4 nitrogen and oxygen atoms in total. The van der Waals surface area contributed by atoms with E-state index in [9.17, 15) is 0 Å². The number of hydrogen-bond donors (Lipinski definition) is 2. The Morgan fingerprint density at radius 3 is 2.14 bits per heavy atom. The summed E-state index contributed by atoms with van der Waals surface area (Å²) in [4.78, 5) is 9.64. The number of hydrogen-bond acceptors (Lipinski definition) is 4. The van der Waals surface area contributed by atoms with E-state index >= 15 is 0 Å². The molecule has 1 fully saturated rings. The minimum atomic E-state index is 0.498. The first-order chi connectivity index (χ1) is 13.8. The number of benzene rings is 1. The van der Waals surface area contributed by atoms with Crippen molar-refractivity contribution >= 4 is 11.8 Å². The van der Waals surface area contributed by atoms with Crippen LogP contribution in [0.2, 0.25) is 0 Å². The Kier molecular flexibility index (Phi) is 8.13. The number of anilines is 2. The molecule has 2 N–H and O–H groups in total. The van der Waals surface area contributed by atoms with Gasteiger partial charge in [0.1, 0.15) is 5.82 Å². The van der Waals surface area contributed by atoms with Gasteiger partial charge in [-0.1, -0.05) is 69.9 Å². The van der Waals surface area contributed by atoms with E-state index in [0.717, 1.165) is 24.9 Å². The van der Waals surface area contributed by atoms with Crippen LogP contribution in [0.25, 0.3) is 0 Å². The summed E-state index contributed by atoms with van der Waals surface area (Å²) in [6.07, 6.45) is 9.78. The fraction of sp³-hybridized carbons (Fsp3) is 0.583. The average molecular weight is 381 g/mol. The molecule has 1 aromatic carbocycles. The molecule has 2 unspecified atom stereocenters. The van der Waals surface area contributed by atoms with Crippen molar-refractivity contribution in [3.63, 3.8) is 0 Å². The maximum Gasteiger partial charge on any atom is 0.224 e. The molecule has 0 aliphatic heterocycles. The Bertz CT molecular complexity index is 671. The normalized spacial score (nSPS) is 18.5. The lowest BCUT2D eigenvalue weighted by Gasteiger charge is -2.37. The van der Waals surface area contributed by atoms with Gasteiger partial charge in [-0.05, 0) is 37.2 Å². The van der Waals surface area contributed by atoms with E-state index < -0.39 is 0 Å². The molecule has 3 rings (SSSR count). The van der Waals surface area contributed by atoms with Crippen LogP contribution in [0.1, 0.15) is 88.3 Å². The lowest BCUT2D eigenvalue weighted by Crippen LogP contribution is -2.24. The molecule has 0 radical (unpaired) electrons. The molecular weight excluding hydrogens is 344 g/mol. The van der Waals surface area contributed by atoms with Crippen LogP contribution in [-0.2, 0) is 0 Å². The number of aromatic nitrogens is 2. The van der Waals surface area contributed by atoms with Crippen LogP contribution in [0, 0.1) is 0 Å². The van der Waals surface area contributed by atoms with Crippen LogP contribution in [-0.4, -0.2) is 23.1 Å². The fourth-order valence-corrected chi connectivity index (χ4v) is 3.95. The molecule has 1 aliphatic rings. The van der Waals surface area contributed by atoms with Gasteiger partial charge < -0.3 is 10.6 Å². The zero-order valence-corrected chi connectivity index (χ0v) is 17.6. The Morgan fingerprint density at radius 1 is 0.821 bits per heavy atom. The van der Waals surface area contributed by atoms with Crippen LogP contribution < -0.4 is 10.6 Å². The van der Waals surface area contributed by atoms with Crippen LogP contribution >= 0.6 is 0 Å². The van der Waals surface area contributed by atoms with Crippen molar-refractivity contribution in [2.45, 2.75) is 77.0 Å². The third-order valence-electron chi connectivity index (χ3n) is 5.78. The second-order valence-corrected chi connectivity index (χ2v) is 7.97. The lowest BCUT2D eigenvalue weighted by atomic mass is 9.68. The number of nitrogens with zero attached hydrogens (tertiary/aromatic N) is 2. The van der Waals surface area contributed by atoms with Gasteiger partial charge in [-0.25, -0.2) is 4.98 Å². The van der Waals surface area contributed by atoms with Gasteiger partial charge >= 0.3 is 0 Å². The molecule has 0 bridgehead atoms. The molecule has 1 heterocycles. The minimum Gasteiger partial charge on any atom is -0.370 e. The first-order valence-electron chi connectivity index (χ1n) is 11.2. The Balaban J connectivity index is 1.72. The Hall–Kier alpha value is -2.10. The van der Waals surface area contributed by atoms with Gasteiger partial charge in [-0.3, -0.25) is 0 Å². The molecular formula is C24H36N4. The molecule has 0 spiro atoms. The van der Waals surface area contributed by atoms with E-state index in [2.05, 4.69) is 60.9 Å². The highest BCUT2D eigenvalue weighted by Gasteiger charge is 2.34. The molecule has 2 aromatic rings. The summed E-state index contributed by atoms with van der Waals surface area (Å²) in [7, 11) is 0. The second-order valence-electron chi connectivity index (χ2n) is 7.97.